The molecule has 1 fully saturated rings. The number of anilines is 1. The maximum Gasteiger partial charge on any atom is 0.221 e. The molecule has 0 amide bonds. The minimum atomic E-state index is 0.400. The van der Waals surface area contributed by atoms with E-state index in [4.69, 9.17) is 21.3 Å². The zero-order valence-corrected chi connectivity index (χ0v) is 16.6. The van der Waals surface area contributed by atoms with Crippen LogP contribution in [-0.4, -0.2) is 31.4 Å². The number of rotatable bonds is 6. The van der Waals surface area contributed by atoms with Gasteiger partial charge in [0.1, 0.15) is 22.9 Å². The molecule has 0 radical (unpaired) electrons. The van der Waals surface area contributed by atoms with Gasteiger partial charge in [0.2, 0.25) is 5.88 Å². The lowest BCUT2D eigenvalue weighted by molar-refractivity contribution is 0.399. The van der Waals surface area contributed by atoms with Gasteiger partial charge in [-0.05, 0) is 42.5 Å². The Kier molecular flexibility index (Phi) is 4.52. The van der Waals surface area contributed by atoms with Crippen molar-refractivity contribution in [3.05, 3.63) is 65.6 Å². The van der Waals surface area contributed by atoms with Gasteiger partial charge in [-0.25, -0.2) is 19.9 Å². The molecule has 7 nitrogen and oxygen atoms in total. The average Bonchev–Trinajstić information content (AvgIpc) is 3.51. The molecule has 1 aliphatic carbocycles. The number of halogens is 1. The second-order valence-corrected chi connectivity index (χ2v) is 7.45. The van der Waals surface area contributed by atoms with E-state index in [1.807, 2.05) is 18.3 Å². The fraction of sp³-hybridized carbons (Fsp3) is 0.238. The van der Waals surface area contributed by atoms with Crippen LogP contribution in [-0.2, 0) is 6.54 Å². The van der Waals surface area contributed by atoms with Crippen molar-refractivity contribution >= 4 is 23.1 Å². The third kappa shape index (κ3) is 3.61. The highest BCUT2D eigenvalue weighted by atomic mass is 35.5. The van der Waals surface area contributed by atoms with Gasteiger partial charge >= 0.3 is 0 Å². The fourth-order valence-corrected chi connectivity index (χ4v) is 3.61. The van der Waals surface area contributed by atoms with Gasteiger partial charge in [-0.15, -0.1) is 0 Å². The summed E-state index contributed by atoms with van der Waals surface area (Å²) in [4.78, 5) is 17.3. The van der Waals surface area contributed by atoms with E-state index in [0.29, 0.717) is 29.3 Å². The molecule has 4 aromatic heterocycles. The lowest BCUT2D eigenvalue weighted by atomic mass is 10.0. The summed E-state index contributed by atoms with van der Waals surface area (Å²) in [5.74, 6) is 1.88. The van der Waals surface area contributed by atoms with Crippen molar-refractivity contribution in [3.8, 4) is 17.0 Å². The highest BCUT2D eigenvalue weighted by Gasteiger charge is 2.26. The van der Waals surface area contributed by atoms with Gasteiger partial charge in [-0.3, -0.25) is 0 Å². The molecule has 146 valence electrons. The van der Waals surface area contributed by atoms with Crippen molar-refractivity contribution < 1.29 is 4.74 Å². The van der Waals surface area contributed by atoms with Crippen LogP contribution < -0.4 is 10.1 Å². The predicted molar refractivity (Wildman–Crippen MR) is 111 cm³/mol. The lowest BCUT2D eigenvalue weighted by Crippen LogP contribution is -2.01. The van der Waals surface area contributed by atoms with Crippen LogP contribution in [0.4, 0.5) is 5.82 Å². The highest BCUT2D eigenvalue weighted by molar-refractivity contribution is 6.29. The molecule has 0 saturated heterocycles. The molecular weight excluding hydrogens is 388 g/mol. The van der Waals surface area contributed by atoms with E-state index in [1.165, 1.54) is 24.7 Å². The Morgan fingerprint density at radius 3 is 2.86 bits per heavy atom. The normalized spacial score (nSPS) is 13.6. The van der Waals surface area contributed by atoms with Crippen LogP contribution in [0.15, 0.2) is 49.2 Å². The van der Waals surface area contributed by atoms with E-state index in [0.717, 1.165) is 22.5 Å². The number of nitrogens with zero attached hydrogens (tertiary/aromatic N) is 5. The molecule has 29 heavy (non-hydrogen) atoms. The van der Waals surface area contributed by atoms with Crippen molar-refractivity contribution in [1.82, 2.24) is 24.3 Å². The molecule has 0 spiro atoms. The van der Waals surface area contributed by atoms with Crippen molar-refractivity contribution in [2.24, 2.45) is 0 Å². The number of aromatic nitrogens is 5. The van der Waals surface area contributed by atoms with E-state index in [1.54, 1.807) is 19.4 Å². The van der Waals surface area contributed by atoms with Crippen LogP contribution in [0.1, 0.15) is 30.0 Å². The number of hydrogen-bond acceptors (Lipinski definition) is 6. The van der Waals surface area contributed by atoms with Crippen LogP contribution in [0.25, 0.3) is 16.8 Å². The molecule has 1 N–H and O–H groups in total. The smallest absolute Gasteiger partial charge is 0.221 e. The molecule has 1 aliphatic rings. The van der Waals surface area contributed by atoms with Gasteiger partial charge in [-0.1, -0.05) is 11.6 Å². The van der Waals surface area contributed by atoms with Crippen molar-refractivity contribution in [3.63, 3.8) is 0 Å². The van der Waals surface area contributed by atoms with E-state index in [9.17, 15) is 0 Å². The summed E-state index contributed by atoms with van der Waals surface area (Å²) in [6, 6.07) is 7.85. The van der Waals surface area contributed by atoms with Gasteiger partial charge in [0.05, 0.1) is 19.3 Å². The zero-order chi connectivity index (χ0) is 19.8. The van der Waals surface area contributed by atoms with Gasteiger partial charge in [0, 0.05) is 35.8 Å². The number of ether oxygens (including phenoxy) is 1. The Morgan fingerprint density at radius 2 is 2.07 bits per heavy atom. The molecule has 4 aromatic rings. The summed E-state index contributed by atoms with van der Waals surface area (Å²) in [6.45, 7) is 0.525. The Bertz CT molecular complexity index is 1190. The number of nitrogens with one attached hydrogen (secondary N) is 1. The van der Waals surface area contributed by atoms with Crippen LogP contribution in [0.2, 0.25) is 5.15 Å². The van der Waals surface area contributed by atoms with Crippen molar-refractivity contribution in [1.29, 1.82) is 0 Å². The first kappa shape index (κ1) is 17.9. The minimum absolute atomic E-state index is 0.400. The monoisotopic (exact) mass is 406 g/mol. The van der Waals surface area contributed by atoms with Crippen LogP contribution >= 0.6 is 11.6 Å². The van der Waals surface area contributed by atoms with E-state index in [-0.39, 0.29) is 0 Å². The summed E-state index contributed by atoms with van der Waals surface area (Å²) in [6.07, 6.45) is 9.85. The summed E-state index contributed by atoms with van der Waals surface area (Å²) in [7, 11) is 1.64. The molecule has 0 unspecified atom stereocenters. The fourth-order valence-electron chi connectivity index (χ4n) is 3.46. The molecule has 5 rings (SSSR count). The van der Waals surface area contributed by atoms with Gasteiger partial charge < -0.3 is 14.5 Å². The molecule has 0 aliphatic heterocycles. The average molecular weight is 407 g/mol. The minimum Gasteiger partial charge on any atom is -0.481 e. The van der Waals surface area contributed by atoms with E-state index in [2.05, 4.69) is 36.9 Å². The maximum atomic E-state index is 5.93. The van der Waals surface area contributed by atoms with E-state index < -0.39 is 0 Å². The lowest BCUT2D eigenvalue weighted by Gasteiger charge is -2.10. The molecule has 0 bridgehead atoms. The number of fused-ring (bicyclic) bond motifs is 1. The summed E-state index contributed by atoms with van der Waals surface area (Å²) >= 11 is 5.93. The van der Waals surface area contributed by atoms with Crippen LogP contribution in [0.5, 0.6) is 5.88 Å². The first-order valence-electron chi connectivity index (χ1n) is 9.43. The topological polar surface area (TPSA) is 77.2 Å². The quantitative estimate of drug-likeness (QED) is 0.480. The first-order valence-corrected chi connectivity index (χ1v) is 9.81. The van der Waals surface area contributed by atoms with Crippen LogP contribution in [0.3, 0.4) is 0 Å². The Balaban J connectivity index is 1.55. The van der Waals surface area contributed by atoms with Crippen molar-refractivity contribution in [2.75, 3.05) is 12.4 Å². The SMILES string of the molecule is COc1ncccc1-c1cc(C2CC2)cn2cc(CNc3cc(Cl)ncn3)nc12. The molecule has 4 heterocycles. The zero-order valence-electron chi connectivity index (χ0n) is 15.8. The van der Waals surface area contributed by atoms with Gasteiger partial charge in [0.25, 0.3) is 0 Å². The summed E-state index contributed by atoms with van der Waals surface area (Å²) in [5.41, 5.74) is 5.05. The highest BCUT2D eigenvalue weighted by Crippen LogP contribution is 2.42. The molecule has 1 saturated carbocycles. The summed E-state index contributed by atoms with van der Waals surface area (Å²) in [5, 5.41) is 3.65. The third-order valence-electron chi connectivity index (χ3n) is 5.01. The second-order valence-electron chi connectivity index (χ2n) is 7.06. The second kappa shape index (κ2) is 7.33. The first-order chi connectivity index (χ1) is 14.2. The number of pyridine rings is 2. The van der Waals surface area contributed by atoms with E-state index >= 15 is 0 Å². The Labute approximate surface area is 172 Å². The molecule has 0 aromatic carbocycles. The summed E-state index contributed by atoms with van der Waals surface area (Å²) < 4.78 is 7.60. The van der Waals surface area contributed by atoms with Crippen molar-refractivity contribution in [2.45, 2.75) is 25.3 Å². The Morgan fingerprint density at radius 1 is 1.17 bits per heavy atom. The maximum absolute atomic E-state index is 5.93. The van der Waals surface area contributed by atoms with Gasteiger partial charge in [0.15, 0.2) is 0 Å². The largest absolute Gasteiger partial charge is 0.481 e. The predicted octanol–water partition coefficient (Wildman–Crippen LogP) is 4.34. The third-order valence-corrected chi connectivity index (χ3v) is 5.22. The standard InChI is InChI=1S/C21H19ClN6O/c1-29-21-16(3-2-6-23-21)17-7-14(13-4-5-13)10-28-11-15(27-20(17)28)9-24-19-8-18(22)25-12-26-19/h2-3,6-8,10-13H,4-5,9H2,1H3,(H,24,25,26). The van der Waals surface area contributed by atoms with Crippen LogP contribution in [0, 0.1) is 0 Å². The number of imidazole rings is 1. The molecule has 8 heteroatoms. The van der Waals surface area contributed by atoms with Gasteiger partial charge in [-0.2, -0.15) is 0 Å². The Hall–Kier alpha value is -3.19. The molecular formula is C21H19ClN6O. The number of methoxy groups -OCH3 is 1. The molecule has 0 atom stereocenters. The number of hydrogen-bond donors (Lipinski definition) is 1.